The van der Waals surface area contributed by atoms with Crippen LogP contribution < -0.4 is 10.1 Å². The van der Waals surface area contributed by atoms with Gasteiger partial charge in [-0.3, -0.25) is 0 Å². The Kier molecular flexibility index (Phi) is 2.61. The molecule has 15 heavy (non-hydrogen) atoms. The van der Waals surface area contributed by atoms with Gasteiger partial charge >= 0.3 is 0 Å². The number of hydrogen-bond acceptors (Lipinski definition) is 3. The molecule has 1 aliphatic rings. The van der Waals surface area contributed by atoms with E-state index < -0.39 is 0 Å². The molecule has 0 aliphatic carbocycles. The predicted octanol–water partition coefficient (Wildman–Crippen LogP) is 1.55. The van der Waals surface area contributed by atoms with Crippen molar-refractivity contribution in [3.05, 3.63) is 29.8 Å². The third kappa shape index (κ3) is 2.11. The molecule has 1 aromatic carbocycles. The van der Waals surface area contributed by atoms with Crippen LogP contribution in [0, 0.1) is 16.7 Å². The van der Waals surface area contributed by atoms with Crippen LogP contribution in [-0.2, 0) is 0 Å². The van der Waals surface area contributed by atoms with Crippen LogP contribution in [0.1, 0.15) is 12.5 Å². The molecule has 0 unspecified atom stereocenters. The van der Waals surface area contributed by atoms with Crippen LogP contribution in [0.3, 0.4) is 0 Å². The number of rotatable bonds is 3. The van der Waals surface area contributed by atoms with Gasteiger partial charge in [-0.2, -0.15) is 5.26 Å². The van der Waals surface area contributed by atoms with Crippen LogP contribution in [0.4, 0.5) is 0 Å². The summed E-state index contributed by atoms with van der Waals surface area (Å²) in [7, 11) is 0. The first-order valence-electron chi connectivity index (χ1n) is 5.06. The summed E-state index contributed by atoms with van der Waals surface area (Å²) in [4.78, 5) is 0. The van der Waals surface area contributed by atoms with Crippen molar-refractivity contribution in [2.75, 3.05) is 19.7 Å². The van der Waals surface area contributed by atoms with Gasteiger partial charge < -0.3 is 10.1 Å². The molecule has 0 radical (unpaired) electrons. The highest BCUT2D eigenvalue weighted by Gasteiger charge is 2.32. The topological polar surface area (TPSA) is 45.0 Å². The van der Waals surface area contributed by atoms with Gasteiger partial charge in [0.15, 0.2) is 0 Å². The zero-order valence-electron chi connectivity index (χ0n) is 8.79. The lowest BCUT2D eigenvalue weighted by Crippen LogP contribution is -2.54. The summed E-state index contributed by atoms with van der Waals surface area (Å²) in [6.45, 7) is 4.82. The fourth-order valence-corrected chi connectivity index (χ4v) is 1.59. The van der Waals surface area contributed by atoms with E-state index >= 15 is 0 Å². The van der Waals surface area contributed by atoms with Crippen LogP contribution >= 0.6 is 0 Å². The Labute approximate surface area is 89.7 Å². The molecule has 1 fully saturated rings. The molecule has 1 aromatic rings. The van der Waals surface area contributed by atoms with E-state index in [0.717, 1.165) is 13.1 Å². The van der Waals surface area contributed by atoms with Gasteiger partial charge in [0, 0.05) is 18.5 Å². The van der Waals surface area contributed by atoms with Crippen molar-refractivity contribution in [3.63, 3.8) is 0 Å². The first kappa shape index (κ1) is 10.0. The van der Waals surface area contributed by atoms with Crippen LogP contribution in [0.2, 0.25) is 0 Å². The minimum atomic E-state index is 0.225. The molecule has 1 N–H and O–H groups in total. The van der Waals surface area contributed by atoms with Crippen LogP contribution in [-0.4, -0.2) is 19.7 Å². The normalized spacial score (nSPS) is 17.6. The Morgan fingerprint density at radius 1 is 1.47 bits per heavy atom. The molecule has 1 aliphatic heterocycles. The highest BCUT2D eigenvalue weighted by molar-refractivity contribution is 5.42. The van der Waals surface area contributed by atoms with Crippen molar-refractivity contribution < 1.29 is 4.74 Å². The summed E-state index contributed by atoms with van der Waals surface area (Å²) in [5.41, 5.74) is 0.830. The lowest BCUT2D eigenvalue weighted by atomic mass is 9.85. The molecule has 3 nitrogen and oxygen atoms in total. The molecule has 0 amide bonds. The number of hydrogen-bond donors (Lipinski definition) is 1. The summed E-state index contributed by atoms with van der Waals surface area (Å²) in [6, 6.07) is 9.47. The van der Waals surface area contributed by atoms with Gasteiger partial charge in [0.25, 0.3) is 0 Å². The van der Waals surface area contributed by atoms with E-state index in [1.54, 1.807) is 6.07 Å². The number of benzene rings is 1. The first-order valence-corrected chi connectivity index (χ1v) is 5.06. The molecule has 0 aromatic heterocycles. The zero-order chi connectivity index (χ0) is 10.7. The van der Waals surface area contributed by atoms with Gasteiger partial charge in [0.2, 0.25) is 0 Å². The van der Waals surface area contributed by atoms with E-state index in [4.69, 9.17) is 10.00 Å². The number of nitrogens with zero attached hydrogens (tertiary/aromatic N) is 1. The minimum Gasteiger partial charge on any atom is -0.492 e. The van der Waals surface area contributed by atoms with Gasteiger partial charge in [0.1, 0.15) is 11.8 Å². The van der Waals surface area contributed by atoms with E-state index in [1.807, 2.05) is 18.2 Å². The van der Waals surface area contributed by atoms with E-state index in [-0.39, 0.29) is 5.41 Å². The van der Waals surface area contributed by atoms with Crippen molar-refractivity contribution in [1.82, 2.24) is 5.32 Å². The Bertz CT molecular complexity index is 391. The number of ether oxygens (including phenoxy) is 1. The Morgan fingerprint density at radius 3 is 2.80 bits per heavy atom. The van der Waals surface area contributed by atoms with Crippen molar-refractivity contribution in [1.29, 1.82) is 5.26 Å². The first-order chi connectivity index (χ1) is 7.23. The average Bonchev–Trinajstić information content (AvgIpc) is 2.24. The molecule has 0 atom stereocenters. The second-order valence-corrected chi connectivity index (χ2v) is 4.31. The number of nitrogens with one attached hydrogen (secondary N) is 1. The fraction of sp³-hybridized carbons (Fsp3) is 0.417. The molecule has 78 valence electrons. The monoisotopic (exact) mass is 202 g/mol. The highest BCUT2D eigenvalue weighted by Crippen LogP contribution is 2.24. The largest absolute Gasteiger partial charge is 0.492 e. The lowest BCUT2D eigenvalue weighted by molar-refractivity contribution is 0.102. The van der Waals surface area contributed by atoms with Crippen LogP contribution in [0.5, 0.6) is 5.75 Å². The third-order valence-corrected chi connectivity index (χ3v) is 2.69. The maximum absolute atomic E-state index is 8.88. The fourth-order valence-electron chi connectivity index (χ4n) is 1.59. The molecule has 0 saturated carbocycles. The quantitative estimate of drug-likeness (QED) is 0.808. The van der Waals surface area contributed by atoms with Gasteiger partial charge in [-0.05, 0) is 12.1 Å². The molecular formula is C12H14N2O. The van der Waals surface area contributed by atoms with Crippen molar-refractivity contribution in [2.45, 2.75) is 6.92 Å². The summed E-state index contributed by atoms with van der Waals surface area (Å²) >= 11 is 0. The summed E-state index contributed by atoms with van der Waals surface area (Å²) < 4.78 is 5.67. The maximum Gasteiger partial charge on any atom is 0.137 e. The smallest absolute Gasteiger partial charge is 0.137 e. The van der Waals surface area contributed by atoms with E-state index in [2.05, 4.69) is 18.3 Å². The summed E-state index contributed by atoms with van der Waals surface area (Å²) in [6.07, 6.45) is 0. The SMILES string of the molecule is CC1(COc2ccccc2C#N)CNC1. The highest BCUT2D eigenvalue weighted by atomic mass is 16.5. The molecule has 0 spiro atoms. The average molecular weight is 202 g/mol. The van der Waals surface area contributed by atoms with E-state index in [0.29, 0.717) is 17.9 Å². The standard InChI is InChI=1S/C12H14N2O/c1-12(7-14-8-12)9-15-11-5-3-2-4-10(11)6-13/h2-5,14H,7-9H2,1H3. The molecule has 3 heteroatoms. The second-order valence-electron chi connectivity index (χ2n) is 4.31. The lowest BCUT2D eigenvalue weighted by Gasteiger charge is -2.38. The van der Waals surface area contributed by atoms with Gasteiger partial charge in [-0.1, -0.05) is 19.1 Å². The Morgan fingerprint density at radius 2 is 2.20 bits per heavy atom. The van der Waals surface area contributed by atoms with E-state index in [9.17, 15) is 0 Å². The molecular weight excluding hydrogens is 188 g/mol. The predicted molar refractivity (Wildman–Crippen MR) is 57.6 cm³/mol. The van der Waals surface area contributed by atoms with Crippen molar-refractivity contribution >= 4 is 0 Å². The Hall–Kier alpha value is -1.53. The molecule has 2 rings (SSSR count). The number of para-hydroxylation sites is 1. The van der Waals surface area contributed by atoms with Gasteiger partial charge in [-0.15, -0.1) is 0 Å². The van der Waals surface area contributed by atoms with Crippen LogP contribution in [0.25, 0.3) is 0 Å². The molecule has 1 heterocycles. The van der Waals surface area contributed by atoms with Crippen molar-refractivity contribution in [2.24, 2.45) is 5.41 Å². The minimum absolute atomic E-state index is 0.225. The molecule has 1 saturated heterocycles. The summed E-state index contributed by atoms with van der Waals surface area (Å²) in [5.74, 6) is 0.688. The van der Waals surface area contributed by atoms with E-state index in [1.165, 1.54) is 0 Å². The van der Waals surface area contributed by atoms with Crippen LogP contribution in [0.15, 0.2) is 24.3 Å². The maximum atomic E-state index is 8.88. The Balaban J connectivity index is 2.02. The molecule has 0 bridgehead atoms. The number of nitriles is 1. The third-order valence-electron chi connectivity index (χ3n) is 2.69. The van der Waals surface area contributed by atoms with Gasteiger partial charge in [-0.25, -0.2) is 0 Å². The zero-order valence-corrected chi connectivity index (χ0v) is 8.79. The van der Waals surface area contributed by atoms with Crippen molar-refractivity contribution in [3.8, 4) is 11.8 Å². The summed E-state index contributed by atoms with van der Waals surface area (Å²) in [5, 5.41) is 12.1. The van der Waals surface area contributed by atoms with Gasteiger partial charge in [0.05, 0.1) is 12.2 Å². The second kappa shape index (κ2) is 3.92.